The van der Waals surface area contributed by atoms with Crippen LogP contribution in [0, 0.1) is 19.8 Å². The molecule has 23 heavy (non-hydrogen) atoms. The lowest BCUT2D eigenvalue weighted by Crippen LogP contribution is -2.20. The molecule has 2 heterocycles. The Labute approximate surface area is 139 Å². The Bertz CT molecular complexity index is 732. The molecule has 0 aliphatic heterocycles. The van der Waals surface area contributed by atoms with Crippen molar-refractivity contribution >= 4 is 23.1 Å². The van der Waals surface area contributed by atoms with Crippen LogP contribution in [0.3, 0.4) is 0 Å². The highest BCUT2D eigenvalue weighted by atomic mass is 32.1. The molecule has 2 aromatic rings. The molecule has 0 bridgehead atoms. The average molecular weight is 331 g/mol. The Kier molecular flexibility index (Phi) is 3.73. The molecular weight excluding hydrogens is 310 g/mol. The lowest BCUT2D eigenvalue weighted by Gasteiger charge is -2.01. The molecular formula is C17H21N3O2S. The van der Waals surface area contributed by atoms with Crippen molar-refractivity contribution in [2.75, 3.05) is 11.9 Å². The number of carbonyl (C=O) groups is 1. The van der Waals surface area contributed by atoms with Gasteiger partial charge in [0, 0.05) is 27.8 Å². The van der Waals surface area contributed by atoms with Crippen LogP contribution >= 0.6 is 11.3 Å². The molecule has 2 fully saturated rings. The molecule has 4 rings (SSSR count). The molecule has 0 radical (unpaired) electrons. The average Bonchev–Trinajstić information content (AvgIpc) is 3.40. The number of aryl methyl sites for hydroxylation is 2. The van der Waals surface area contributed by atoms with Gasteiger partial charge in [-0.15, -0.1) is 11.3 Å². The van der Waals surface area contributed by atoms with E-state index in [0.29, 0.717) is 23.5 Å². The number of nitrogens with zero attached hydrogens (tertiary/aromatic N) is 1. The van der Waals surface area contributed by atoms with Gasteiger partial charge in [0.1, 0.15) is 5.76 Å². The molecule has 0 aromatic carbocycles. The van der Waals surface area contributed by atoms with Crippen LogP contribution in [0.4, 0.5) is 5.82 Å². The van der Waals surface area contributed by atoms with Gasteiger partial charge in [-0.3, -0.25) is 4.79 Å². The highest BCUT2D eigenvalue weighted by molar-refractivity contribution is 7.12. The summed E-state index contributed by atoms with van der Waals surface area (Å²) in [5, 5.41) is 10.3. The maximum absolute atomic E-state index is 12.4. The number of carbonyl (C=O) groups excluding carboxylic acids is 1. The molecule has 1 amide bonds. The van der Waals surface area contributed by atoms with Gasteiger partial charge in [-0.1, -0.05) is 5.16 Å². The van der Waals surface area contributed by atoms with Crippen molar-refractivity contribution in [3.05, 3.63) is 33.2 Å². The van der Waals surface area contributed by atoms with Gasteiger partial charge >= 0.3 is 0 Å². The smallest absolute Gasteiger partial charge is 0.258 e. The van der Waals surface area contributed by atoms with Gasteiger partial charge in [0.05, 0.1) is 5.56 Å². The molecule has 2 saturated carbocycles. The van der Waals surface area contributed by atoms with E-state index in [1.54, 1.807) is 24.3 Å². The Morgan fingerprint density at radius 3 is 2.91 bits per heavy atom. The van der Waals surface area contributed by atoms with E-state index in [0.717, 1.165) is 22.9 Å². The molecule has 2 N–H and O–H groups in total. The maximum atomic E-state index is 12.4. The van der Waals surface area contributed by atoms with Crippen molar-refractivity contribution < 1.29 is 9.32 Å². The summed E-state index contributed by atoms with van der Waals surface area (Å²) in [6.07, 6.45) is 3.96. The third-order valence-corrected chi connectivity index (χ3v) is 5.75. The summed E-state index contributed by atoms with van der Waals surface area (Å²) < 4.78 is 4.98. The second-order valence-electron chi connectivity index (χ2n) is 6.70. The molecule has 0 saturated heterocycles. The first-order valence-electron chi connectivity index (χ1n) is 8.18. The molecule has 2 aromatic heterocycles. The number of rotatable bonds is 6. The van der Waals surface area contributed by atoms with Crippen molar-refractivity contribution in [3.63, 3.8) is 0 Å². The third kappa shape index (κ3) is 3.33. The molecule has 2 atom stereocenters. The lowest BCUT2D eigenvalue weighted by molar-refractivity contribution is 0.102. The molecule has 2 aliphatic carbocycles. The maximum Gasteiger partial charge on any atom is 0.258 e. The number of anilines is 1. The van der Waals surface area contributed by atoms with Crippen molar-refractivity contribution in [1.29, 1.82) is 0 Å². The van der Waals surface area contributed by atoms with Gasteiger partial charge in [0.2, 0.25) is 0 Å². The van der Waals surface area contributed by atoms with Crippen molar-refractivity contribution in [3.8, 4) is 0 Å². The van der Waals surface area contributed by atoms with E-state index in [9.17, 15) is 4.79 Å². The number of aromatic nitrogens is 1. The summed E-state index contributed by atoms with van der Waals surface area (Å²) in [6, 6.07) is 4.37. The van der Waals surface area contributed by atoms with Crippen molar-refractivity contribution in [1.82, 2.24) is 10.5 Å². The van der Waals surface area contributed by atoms with E-state index in [4.69, 9.17) is 4.52 Å². The molecule has 2 unspecified atom stereocenters. The van der Waals surface area contributed by atoms with E-state index < -0.39 is 0 Å². The molecule has 2 aliphatic rings. The van der Waals surface area contributed by atoms with Gasteiger partial charge in [-0.25, -0.2) is 0 Å². The largest absolute Gasteiger partial charge is 0.360 e. The first-order valence-corrected chi connectivity index (χ1v) is 9.00. The predicted octanol–water partition coefficient (Wildman–Crippen LogP) is 3.46. The predicted molar refractivity (Wildman–Crippen MR) is 90.1 cm³/mol. The number of amides is 1. The summed E-state index contributed by atoms with van der Waals surface area (Å²) in [6.45, 7) is 4.97. The number of hydrogen-bond donors (Lipinski definition) is 2. The van der Waals surface area contributed by atoms with E-state index >= 15 is 0 Å². The first-order chi connectivity index (χ1) is 11.1. The quantitative estimate of drug-likeness (QED) is 0.850. The van der Waals surface area contributed by atoms with E-state index in [1.165, 1.54) is 24.1 Å². The third-order valence-electron chi connectivity index (χ3n) is 4.57. The number of nitrogens with one attached hydrogen (secondary N) is 2. The van der Waals surface area contributed by atoms with E-state index in [2.05, 4.69) is 15.8 Å². The van der Waals surface area contributed by atoms with Crippen LogP contribution in [0.25, 0.3) is 0 Å². The molecule has 122 valence electrons. The molecule has 6 heteroatoms. The Morgan fingerprint density at radius 2 is 2.22 bits per heavy atom. The van der Waals surface area contributed by atoms with Crippen LogP contribution in [-0.4, -0.2) is 23.7 Å². The first kappa shape index (κ1) is 14.9. The highest BCUT2D eigenvalue weighted by Crippen LogP contribution is 2.45. The topological polar surface area (TPSA) is 67.2 Å². The number of hydrogen-bond acceptors (Lipinski definition) is 5. The zero-order valence-electron chi connectivity index (χ0n) is 13.4. The van der Waals surface area contributed by atoms with Crippen LogP contribution in [0.5, 0.6) is 0 Å². The van der Waals surface area contributed by atoms with Crippen LogP contribution in [0.1, 0.15) is 51.1 Å². The molecule has 5 nitrogen and oxygen atoms in total. The zero-order chi connectivity index (χ0) is 16.0. The Hall–Kier alpha value is -1.66. The van der Waals surface area contributed by atoms with Gasteiger partial charge in [-0.2, -0.15) is 0 Å². The summed E-state index contributed by atoms with van der Waals surface area (Å²) in [5.41, 5.74) is 0.749. The monoisotopic (exact) mass is 331 g/mol. The van der Waals surface area contributed by atoms with Gasteiger partial charge < -0.3 is 15.2 Å². The SMILES string of the molecule is Cc1cc(NC(=O)c2cc(C3CC3NCC3CC3)sc2C)no1. The van der Waals surface area contributed by atoms with E-state index in [-0.39, 0.29) is 5.91 Å². The van der Waals surface area contributed by atoms with Crippen LogP contribution < -0.4 is 10.6 Å². The minimum absolute atomic E-state index is 0.110. The second-order valence-corrected chi connectivity index (χ2v) is 7.98. The Balaban J connectivity index is 1.39. The minimum Gasteiger partial charge on any atom is -0.360 e. The van der Waals surface area contributed by atoms with Crippen LogP contribution in [-0.2, 0) is 0 Å². The fourth-order valence-corrected chi connectivity index (χ4v) is 4.10. The normalized spacial score (nSPS) is 23.0. The fraction of sp³-hybridized carbons (Fsp3) is 0.529. The van der Waals surface area contributed by atoms with Gasteiger partial charge in [0.25, 0.3) is 5.91 Å². The molecule has 0 spiro atoms. The fourth-order valence-electron chi connectivity index (χ4n) is 2.90. The van der Waals surface area contributed by atoms with Crippen LogP contribution in [0.2, 0.25) is 0 Å². The zero-order valence-corrected chi connectivity index (χ0v) is 14.2. The van der Waals surface area contributed by atoms with Crippen molar-refractivity contribution in [2.24, 2.45) is 5.92 Å². The van der Waals surface area contributed by atoms with E-state index in [1.807, 2.05) is 13.0 Å². The van der Waals surface area contributed by atoms with Gasteiger partial charge in [0.15, 0.2) is 5.82 Å². The minimum atomic E-state index is -0.110. The summed E-state index contributed by atoms with van der Waals surface area (Å²) in [4.78, 5) is 14.8. The standard InChI is InChI=1S/C17H21N3O2S/c1-9-5-16(20-22-9)19-17(21)12-7-15(23-10(12)2)13-6-14(13)18-8-11-3-4-11/h5,7,11,13-14,18H,3-4,6,8H2,1-2H3,(H,19,20,21). The highest BCUT2D eigenvalue weighted by Gasteiger charge is 2.40. The summed E-state index contributed by atoms with van der Waals surface area (Å²) >= 11 is 1.74. The van der Waals surface area contributed by atoms with Crippen molar-refractivity contribution in [2.45, 2.75) is 45.1 Å². The lowest BCUT2D eigenvalue weighted by atomic mass is 10.2. The van der Waals surface area contributed by atoms with Gasteiger partial charge in [-0.05, 0) is 51.6 Å². The number of thiophene rings is 1. The summed E-state index contributed by atoms with van der Waals surface area (Å²) in [7, 11) is 0. The summed E-state index contributed by atoms with van der Waals surface area (Å²) in [5.74, 6) is 2.53. The second kappa shape index (κ2) is 5.76. The van der Waals surface area contributed by atoms with Crippen LogP contribution in [0.15, 0.2) is 16.7 Å². The Morgan fingerprint density at radius 1 is 1.39 bits per heavy atom.